The van der Waals surface area contributed by atoms with E-state index >= 15 is 0 Å². The van der Waals surface area contributed by atoms with E-state index < -0.39 is 4.92 Å². The molecule has 12 heteroatoms. The topological polar surface area (TPSA) is 109 Å². The van der Waals surface area contributed by atoms with Crippen molar-refractivity contribution >= 4 is 42.1 Å². The molecule has 30 heavy (non-hydrogen) atoms. The molecular weight excluding hydrogens is 433 g/mol. The molecule has 2 aromatic rings. The van der Waals surface area contributed by atoms with Crippen molar-refractivity contribution in [3.8, 4) is 0 Å². The summed E-state index contributed by atoms with van der Waals surface area (Å²) in [6, 6.07) is 6.89. The van der Waals surface area contributed by atoms with Crippen molar-refractivity contribution in [1.82, 2.24) is 25.2 Å². The summed E-state index contributed by atoms with van der Waals surface area (Å²) in [6.07, 6.45) is 3.73. The number of nitro benzene ring substituents is 1. The Kier molecular flexibility index (Phi) is 8.39. The number of non-ortho nitro benzene ring substituents is 1. The molecule has 4 rings (SSSR count). The van der Waals surface area contributed by atoms with Crippen LogP contribution in [0.3, 0.4) is 0 Å². The van der Waals surface area contributed by atoms with Crippen molar-refractivity contribution in [3.05, 3.63) is 46.3 Å². The summed E-state index contributed by atoms with van der Waals surface area (Å²) in [5.41, 5.74) is 1.26. The largest absolute Gasteiger partial charge is 0.368 e. The first kappa shape index (κ1) is 23.8. The molecule has 1 aromatic carbocycles. The number of halogens is 2. The highest BCUT2D eigenvalue weighted by molar-refractivity contribution is 5.92. The summed E-state index contributed by atoms with van der Waals surface area (Å²) in [7, 11) is 0. The van der Waals surface area contributed by atoms with E-state index in [1.165, 1.54) is 6.07 Å². The third kappa shape index (κ3) is 5.18. The van der Waals surface area contributed by atoms with Gasteiger partial charge in [0.1, 0.15) is 0 Å². The van der Waals surface area contributed by atoms with Crippen LogP contribution >= 0.6 is 24.8 Å². The van der Waals surface area contributed by atoms with E-state index in [4.69, 9.17) is 0 Å². The second-order valence-electron chi connectivity index (χ2n) is 7.12. The van der Waals surface area contributed by atoms with Crippen LogP contribution in [0.15, 0.2) is 30.5 Å². The molecule has 2 aliphatic rings. The number of hydrogen-bond acceptors (Lipinski definition) is 7. The van der Waals surface area contributed by atoms with Crippen molar-refractivity contribution in [3.63, 3.8) is 0 Å². The van der Waals surface area contributed by atoms with Gasteiger partial charge < -0.3 is 15.1 Å². The molecular formula is C18H25Cl2N7O3. The van der Waals surface area contributed by atoms with Crippen LogP contribution < -0.4 is 10.2 Å². The van der Waals surface area contributed by atoms with Gasteiger partial charge in [0.25, 0.3) is 11.6 Å². The first-order valence-corrected chi connectivity index (χ1v) is 9.53. The lowest BCUT2D eigenvalue weighted by atomic mass is 10.1. The van der Waals surface area contributed by atoms with Crippen molar-refractivity contribution in [2.24, 2.45) is 0 Å². The number of nitro groups is 1. The zero-order valence-electron chi connectivity index (χ0n) is 16.3. The van der Waals surface area contributed by atoms with Crippen molar-refractivity contribution in [1.29, 1.82) is 0 Å². The molecule has 0 aliphatic carbocycles. The molecule has 1 N–H and O–H groups in total. The zero-order chi connectivity index (χ0) is 19.5. The van der Waals surface area contributed by atoms with Gasteiger partial charge in [0.05, 0.1) is 17.2 Å². The molecule has 1 amide bonds. The van der Waals surface area contributed by atoms with Crippen LogP contribution in [0.25, 0.3) is 0 Å². The molecule has 10 nitrogen and oxygen atoms in total. The molecule has 2 saturated heterocycles. The van der Waals surface area contributed by atoms with E-state index in [2.05, 4.69) is 20.5 Å². The van der Waals surface area contributed by atoms with E-state index in [1.807, 2.05) is 10.7 Å². The van der Waals surface area contributed by atoms with Crippen molar-refractivity contribution in [2.45, 2.75) is 18.9 Å². The molecule has 0 atom stereocenters. The van der Waals surface area contributed by atoms with Gasteiger partial charge in [-0.15, -0.1) is 29.9 Å². The van der Waals surface area contributed by atoms with E-state index in [1.54, 1.807) is 23.2 Å². The minimum Gasteiger partial charge on any atom is -0.368 e. The fraction of sp³-hybridized carbons (Fsp3) is 0.500. The number of rotatable bonds is 4. The summed E-state index contributed by atoms with van der Waals surface area (Å²) in [5, 5.41) is 22.5. The molecule has 2 aliphatic heterocycles. The van der Waals surface area contributed by atoms with Gasteiger partial charge in [0, 0.05) is 44.0 Å². The Bertz CT molecular complexity index is 865. The maximum Gasteiger partial charge on any atom is 0.276 e. The van der Waals surface area contributed by atoms with E-state index in [-0.39, 0.29) is 36.4 Å². The Morgan fingerprint density at radius 1 is 1.13 bits per heavy atom. The number of piperazine rings is 1. The first-order valence-electron chi connectivity index (χ1n) is 9.53. The van der Waals surface area contributed by atoms with Gasteiger partial charge >= 0.3 is 0 Å². The Morgan fingerprint density at radius 2 is 1.83 bits per heavy atom. The molecule has 164 valence electrons. The van der Waals surface area contributed by atoms with Crippen LogP contribution in [-0.2, 0) is 0 Å². The second-order valence-corrected chi connectivity index (χ2v) is 7.12. The smallest absolute Gasteiger partial charge is 0.276 e. The Balaban J connectivity index is 0.00000160. The highest BCUT2D eigenvalue weighted by Gasteiger charge is 2.26. The van der Waals surface area contributed by atoms with Crippen LogP contribution in [0.1, 0.15) is 29.4 Å². The number of carbonyl (C=O) groups excluding carboxylic acids is 1. The summed E-state index contributed by atoms with van der Waals surface area (Å²) >= 11 is 0. The number of aromatic nitrogens is 3. The van der Waals surface area contributed by atoms with Crippen LogP contribution in [0, 0.1) is 10.1 Å². The average molecular weight is 458 g/mol. The lowest BCUT2D eigenvalue weighted by molar-refractivity contribution is -0.384. The molecule has 3 heterocycles. The highest BCUT2D eigenvalue weighted by atomic mass is 35.5. The van der Waals surface area contributed by atoms with Gasteiger partial charge in [-0.2, -0.15) is 0 Å². The normalized spacial score (nSPS) is 17.1. The molecule has 0 bridgehead atoms. The number of nitrogens with one attached hydrogen (secondary N) is 1. The number of hydrogen-bond donors (Lipinski definition) is 1. The van der Waals surface area contributed by atoms with E-state index in [9.17, 15) is 14.9 Å². The fourth-order valence-corrected chi connectivity index (χ4v) is 3.76. The number of piperidine rings is 1. The molecule has 0 saturated carbocycles. The summed E-state index contributed by atoms with van der Waals surface area (Å²) in [5.74, 6) is -0.112. The van der Waals surface area contributed by atoms with E-state index in [0.29, 0.717) is 37.9 Å². The fourth-order valence-electron chi connectivity index (χ4n) is 3.76. The van der Waals surface area contributed by atoms with Crippen molar-refractivity contribution < 1.29 is 9.72 Å². The number of benzene rings is 1. The SMILES string of the molecule is Cl.Cl.O=C(c1cn(C2CCNCC2)nn1)N1CCN(c2cccc([N+](=O)[O-])c2)CC1. The minimum absolute atomic E-state index is 0. The number of nitrogens with zero attached hydrogens (tertiary/aromatic N) is 6. The predicted octanol–water partition coefficient (Wildman–Crippen LogP) is 1.92. The maximum atomic E-state index is 12.8. The maximum absolute atomic E-state index is 12.8. The van der Waals surface area contributed by atoms with Gasteiger partial charge in [-0.05, 0) is 32.0 Å². The molecule has 0 spiro atoms. The van der Waals surface area contributed by atoms with Gasteiger partial charge in [-0.3, -0.25) is 14.9 Å². The third-order valence-electron chi connectivity index (χ3n) is 5.38. The minimum atomic E-state index is -0.394. The standard InChI is InChI=1S/C18H23N7O3.2ClH/c26-18(17-13-24(21-20-17)14-4-6-19-7-5-14)23-10-8-22(9-11-23)15-2-1-3-16(12-15)25(27)28;;/h1-3,12-14,19H,4-11H2;2*1H. The highest BCUT2D eigenvalue weighted by Crippen LogP contribution is 2.23. The molecule has 0 radical (unpaired) electrons. The summed E-state index contributed by atoms with van der Waals surface area (Å²) in [4.78, 5) is 27.2. The third-order valence-corrected chi connectivity index (χ3v) is 5.38. The lowest BCUT2D eigenvalue weighted by Gasteiger charge is -2.35. The van der Waals surface area contributed by atoms with Crippen LogP contribution in [-0.4, -0.2) is 70.0 Å². The van der Waals surface area contributed by atoms with E-state index in [0.717, 1.165) is 31.6 Å². The van der Waals surface area contributed by atoms with Crippen LogP contribution in [0.2, 0.25) is 0 Å². The van der Waals surface area contributed by atoms with Gasteiger partial charge in [0.15, 0.2) is 5.69 Å². The number of anilines is 1. The Labute approximate surface area is 186 Å². The molecule has 0 unspecified atom stereocenters. The first-order chi connectivity index (χ1) is 13.6. The van der Waals surface area contributed by atoms with Crippen LogP contribution in [0.5, 0.6) is 0 Å². The zero-order valence-corrected chi connectivity index (χ0v) is 18.0. The monoisotopic (exact) mass is 457 g/mol. The van der Waals surface area contributed by atoms with Crippen LogP contribution in [0.4, 0.5) is 11.4 Å². The molecule has 2 fully saturated rings. The Hall–Kier alpha value is -2.43. The number of amides is 1. The summed E-state index contributed by atoms with van der Waals surface area (Å²) < 4.78 is 1.81. The van der Waals surface area contributed by atoms with Gasteiger partial charge in [-0.1, -0.05) is 11.3 Å². The molecule has 1 aromatic heterocycles. The second kappa shape index (κ2) is 10.6. The lowest BCUT2D eigenvalue weighted by Crippen LogP contribution is -2.48. The predicted molar refractivity (Wildman–Crippen MR) is 117 cm³/mol. The quantitative estimate of drug-likeness (QED) is 0.551. The van der Waals surface area contributed by atoms with Gasteiger partial charge in [-0.25, -0.2) is 4.68 Å². The number of carbonyl (C=O) groups is 1. The van der Waals surface area contributed by atoms with Crippen molar-refractivity contribution in [2.75, 3.05) is 44.2 Å². The Morgan fingerprint density at radius 3 is 2.50 bits per heavy atom. The van der Waals surface area contributed by atoms with Gasteiger partial charge in [0.2, 0.25) is 0 Å². The average Bonchev–Trinajstić information content (AvgIpc) is 3.24. The summed E-state index contributed by atoms with van der Waals surface area (Å²) in [6.45, 7) is 4.23.